The summed E-state index contributed by atoms with van der Waals surface area (Å²) in [7, 11) is 1.32. The molecule has 6 heteroatoms. The molecule has 0 unspecified atom stereocenters. The molecule has 1 amide bonds. The molecule has 136 valence electrons. The van der Waals surface area contributed by atoms with Crippen molar-refractivity contribution in [2.75, 3.05) is 25.6 Å². The van der Waals surface area contributed by atoms with Gasteiger partial charge in [-0.3, -0.25) is 4.79 Å². The van der Waals surface area contributed by atoms with Gasteiger partial charge < -0.3 is 19.5 Å². The molecule has 1 aliphatic heterocycles. The minimum Gasteiger partial charge on any atom is -0.491 e. The molecule has 0 saturated carbocycles. The smallest absolute Gasteiger partial charge is 0.337 e. The molecule has 0 radical (unpaired) electrons. The Labute approximate surface area is 152 Å². The fourth-order valence-electron chi connectivity index (χ4n) is 2.74. The van der Waals surface area contributed by atoms with Crippen molar-refractivity contribution in [2.24, 2.45) is 0 Å². The van der Waals surface area contributed by atoms with Crippen molar-refractivity contribution in [1.82, 2.24) is 0 Å². The van der Waals surface area contributed by atoms with Crippen molar-refractivity contribution < 1.29 is 23.8 Å². The van der Waals surface area contributed by atoms with Crippen LogP contribution < -0.4 is 10.1 Å². The maximum absolute atomic E-state index is 12.5. The second-order valence-corrected chi connectivity index (χ2v) is 6.00. The van der Waals surface area contributed by atoms with Crippen molar-refractivity contribution in [3.05, 3.63) is 59.7 Å². The monoisotopic (exact) mass is 355 g/mol. The number of hydrogen-bond acceptors (Lipinski definition) is 5. The van der Waals surface area contributed by atoms with Gasteiger partial charge in [-0.2, -0.15) is 0 Å². The number of carbonyl (C=O) groups is 2. The van der Waals surface area contributed by atoms with Crippen LogP contribution in [-0.2, 0) is 9.47 Å². The van der Waals surface area contributed by atoms with E-state index >= 15 is 0 Å². The van der Waals surface area contributed by atoms with Gasteiger partial charge in [0.05, 0.1) is 18.8 Å². The third-order valence-corrected chi connectivity index (χ3v) is 4.10. The average Bonchev–Trinajstić information content (AvgIpc) is 3.20. The van der Waals surface area contributed by atoms with Gasteiger partial charge in [0.25, 0.3) is 5.91 Å². The van der Waals surface area contributed by atoms with Crippen LogP contribution in [0.1, 0.15) is 33.6 Å². The van der Waals surface area contributed by atoms with E-state index in [1.165, 1.54) is 7.11 Å². The zero-order chi connectivity index (χ0) is 18.4. The van der Waals surface area contributed by atoms with Gasteiger partial charge in [-0.05, 0) is 49.2 Å². The number of benzene rings is 2. The molecule has 3 rings (SSSR count). The van der Waals surface area contributed by atoms with Crippen LogP contribution in [0, 0.1) is 0 Å². The van der Waals surface area contributed by atoms with Gasteiger partial charge >= 0.3 is 5.97 Å². The van der Waals surface area contributed by atoms with E-state index in [0.717, 1.165) is 19.4 Å². The zero-order valence-corrected chi connectivity index (χ0v) is 14.6. The van der Waals surface area contributed by atoms with E-state index < -0.39 is 5.97 Å². The van der Waals surface area contributed by atoms with Crippen LogP contribution in [0.3, 0.4) is 0 Å². The molecule has 1 atom stereocenters. The lowest BCUT2D eigenvalue weighted by molar-refractivity contribution is 0.0600. The predicted molar refractivity (Wildman–Crippen MR) is 96.6 cm³/mol. The fourth-order valence-corrected chi connectivity index (χ4v) is 2.74. The Bertz CT molecular complexity index is 783. The third kappa shape index (κ3) is 4.61. The molecule has 1 saturated heterocycles. The van der Waals surface area contributed by atoms with Gasteiger partial charge in [-0.15, -0.1) is 0 Å². The normalized spacial score (nSPS) is 16.1. The van der Waals surface area contributed by atoms with E-state index in [4.69, 9.17) is 9.47 Å². The number of esters is 1. The Morgan fingerprint density at radius 3 is 2.73 bits per heavy atom. The van der Waals surface area contributed by atoms with Crippen LogP contribution in [0.15, 0.2) is 48.5 Å². The largest absolute Gasteiger partial charge is 0.491 e. The Morgan fingerprint density at radius 1 is 1.15 bits per heavy atom. The molecule has 1 N–H and O–H groups in total. The molecule has 2 aromatic carbocycles. The highest BCUT2D eigenvalue weighted by Crippen LogP contribution is 2.19. The topological polar surface area (TPSA) is 73.9 Å². The van der Waals surface area contributed by atoms with E-state index in [9.17, 15) is 9.59 Å². The number of carbonyl (C=O) groups excluding carboxylic acids is 2. The molecular weight excluding hydrogens is 334 g/mol. The number of hydrogen-bond donors (Lipinski definition) is 1. The number of anilines is 1. The second-order valence-electron chi connectivity index (χ2n) is 6.00. The standard InChI is InChI=1S/C20H21NO5/c1-24-20(23)15-6-2-7-16(11-15)21-19(22)14-5-3-8-17(12-14)26-13-18-9-4-10-25-18/h2-3,5-8,11-12,18H,4,9-10,13H2,1H3,(H,21,22)/t18-/m1/s1. The molecule has 1 aliphatic rings. The maximum atomic E-state index is 12.5. The molecule has 0 aromatic heterocycles. The minimum absolute atomic E-state index is 0.119. The van der Waals surface area contributed by atoms with Crippen molar-refractivity contribution in [1.29, 1.82) is 0 Å². The van der Waals surface area contributed by atoms with Gasteiger partial charge in [0, 0.05) is 17.9 Å². The van der Waals surface area contributed by atoms with Crippen molar-refractivity contribution >= 4 is 17.6 Å². The Hall–Kier alpha value is -2.86. The molecule has 0 aliphatic carbocycles. The first kappa shape index (κ1) is 17.9. The molecule has 6 nitrogen and oxygen atoms in total. The summed E-state index contributed by atoms with van der Waals surface area (Å²) < 4.78 is 15.9. The number of rotatable bonds is 6. The summed E-state index contributed by atoms with van der Waals surface area (Å²) in [6.45, 7) is 1.26. The number of methoxy groups -OCH3 is 1. The minimum atomic E-state index is -0.453. The van der Waals surface area contributed by atoms with Crippen LogP contribution in [0.2, 0.25) is 0 Å². The Balaban J connectivity index is 1.64. The highest BCUT2D eigenvalue weighted by atomic mass is 16.5. The van der Waals surface area contributed by atoms with Gasteiger partial charge in [0.15, 0.2) is 0 Å². The third-order valence-electron chi connectivity index (χ3n) is 4.10. The van der Waals surface area contributed by atoms with Crippen LogP contribution in [0.25, 0.3) is 0 Å². The predicted octanol–water partition coefficient (Wildman–Crippen LogP) is 3.28. The molecular formula is C20H21NO5. The summed E-state index contributed by atoms with van der Waals surface area (Å²) in [5.41, 5.74) is 1.36. The molecule has 0 bridgehead atoms. The summed E-state index contributed by atoms with van der Waals surface area (Å²) in [6, 6.07) is 13.6. The zero-order valence-electron chi connectivity index (χ0n) is 14.6. The lowest BCUT2D eigenvalue weighted by atomic mass is 10.1. The SMILES string of the molecule is COC(=O)c1cccc(NC(=O)c2cccc(OC[C@H]3CCCO3)c2)c1. The first-order valence-electron chi connectivity index (χ1n) is 8.50. The van der Waals surface area contributed by atoms with Crippen LogP contribution >= 0.6 is 0 Å². The van der Waals surface area contributed by atoms with E-state index in [-0.39, 0.29) is 12.0 Å². The summed E-state index contributed by atoms with van der Waals surface area (Å²) in [5, 5.41) is 2.78. The second kappa shape index (κ2) is 8.49. The summed E-state index contributed by atoms with van der Waals surface area (Å²) in [6.07, 6.45) is 2.17. The van der Waals surface area contributed by atoms with Crippen LogP contribution in [0.5, 0.6) is 5.75 Å². The van der Waals surface area contributed by atoms with Gasteiger partial charge in [0.1, 0.15) is 12.4 Å². The highest BCUT2D eigenvalue weighted by Gasteiger charge is 2.16. The maximum Gasteiger partial charge on any atom is 0.337 e. The van der Waals surface area contributed by atoms with Gasteiger partial charge in [-0.1, -0.05) is 12.1 Å². The van der Waals surface area contributed by atoms with E-state index in [1.807, 2.05) is 6.07 Å². The molecule has 2 aromatic rings. The van der Waals surface area contributed by atoms with Crippen LogP contribution in [0.4, 0.5) is 5.69 Å². The van der Waals surface area contributed by atoms with E-state index in [1.54, 1.807) is 42.5 Å². The summed E-state index contributed by atoms with van der Waals surface area (Å²) >= 11 is 0. The summed E-state index contributed by atoms with van der Waals surface area (Å²) in [5.74, 6) is -0.114. The number of ether oxygens (including phenoxy) is 3. The Kier molecular flexibility index (Phi) is 5.86. The first-order valence-corrected chi connectivity index (χ1v) is 8.50. The molecule has 1 heterocycles. The van der Waals surface area contributed by atoms with Crippen molar-refractivity contribution in [3.63, 3.8) is 0 Å². The molecule has 1 fully saturated rings. The molecule has 0 spiro atoms. The molecule has 26 heavy (non-hydrogen) atoms. The van der Waals surface area contributed by atoms with Gasteiger partial charge in [-0.25, -0.2) is 4.79 Å². The van der Waals surface area contributed by atoms with Crippen molar-refractivity contribution in [3.8, 4) is 5.75 Å². The lowest BCUT2D eigenvalue weighted by Gasteiger charge is -2.12. The van der Waals surface area contributed by atoms with E-state index in [0.29, 0.717) is 29.2 Å². The van der Waals surface area contributed by atoms with Crippen molar-refractivity contribution in [2.45, 2.75) is 18.9 Å². The van der Waals surface area contributed by atoms with Crippen LogP contribution in [-0.4, -0.2) is 38.3 Å². The quantitative estimate of drug-likeness (QED) is 0.805. The Morgan fingerprint density at radius 2 is 1.96 bits per heavy atom. The van der Waals surface area contributed by atoms with E-state index in [2.05, 4.69) is 10.1 Å². The fraction of sp³-hybridized carbons (Fsp3) is 0.300. The summed E-state index contributed by atoms with van der Waals surface area (Å²) in [4.78, 5) is 24.1. The highest BCUT2D eigenvalue weighted by molar-refractivity contribution is 6.05. The number of amides is 1. The lowest BCUT2D eigenvalue weighted by Crippen LogP contribution is -2.17. The first-order chi connectivity index (χ1) is 12.7. The van der Waals surface area contributed by atoms with Gasteiger partial charge in [0.2, 0.25) is 0 Å². The average molecular weight is 355 g/mol. The number of nitrogens with one attached hydrogen (secondary N) is 1.